The summed E-state index contributed by atoms with van der Waals surface area (Å²) in [5, 5.41) is 0. The molecule has 1 aromatic rings. The molecule has 0 unspecified atom stereocenters. The molecule has 3 heteroatoms. The summed E-state index contributed by atoms with van der Waals surface area (Å²) in [6.07, 6.45) is 1.79. The van der Waals surface area contributed by atoms with E-state index in [1.165, 1.54) is 0 Å². The molecule has 0 aliphatic heterocycles. The van der Waals surface area contributed by atoms with Gasteiger partial charge in [-0.1, -0.05) is 48.1 Å². The summed E-state index contributed by atoms with van der Waals surface area (Å²) in [5.74, 6) is 1.21. The Bertz CT molecular complexity index is 428. The van der Waals surface area contributed by atoms with Crippen LogP contribution in [0.2, 0.25) is 0 Å². The van der Waals surface area contributed by atoms with E-state index in [0.29, 0.717) is 5.82 Å². The Kier molecular flexibility index (Phi) is 3.05. The van der Waals surface area contributed by atoms with Crippen LogP contribution in [0.25, 0.3) is 4.85 Å². The Labute approximate surface area is 97.8 Å². The summed E-state index contributed by atoms with van der Waals surface area (Å²) in [4.78, 5) is 12.2. The van der Waals surface area contributed by atoms with Gasteiger partial charge in [-0.25, -0.2) is 4.98 Å². The summed E-state index contributed by atoms with van der Waals surface area (Å²) in [6, 6.07) is 0. The normalized spacial score (nSPS) is 12.3. The lowest BCUT2D eigenvalue weighted by molar-refractivity contribution is 0.535. The molecular formula is C13H19N3. The zero-order chi connectivity index (χ0) is 12.6. The average Bonchev–Trinajstić information content (AvgIpc) is 2.14. The van der Waals surface area contributed by atoms with Crippen molar-refractivity contribution in [2.24, 2.45) is 0 Å². The van der Waals surface area contributed by atoms with E-state index in [4.69, 9.17) is 6.57 Å². The largest absolute Gasteiger partial charge is 0.360 e. The number of nitrogens with zero attached hydrogens (tertiary/aromatic N) is 3. The van der Waals surface area contributed by atoms with Gasteiger partial charge in [0.05, 0.1) is 0 Å². The van der Waals surface area contributed by atoms with Crippen molar-refractivity contribution in [2.45, 2.75) is 52.4 Å². The van der Waals surface area contributed by atoms with Crippen LogP contribution >= 0.6 is 0 Å². The fraction of sp³-hybridized carbons (Fsp3) is 0.615. The van der Waals surface area contributed by atoms with Crippen molar-refractivity contribution < 1.29 is 0 Å². The molecule has 1 heterocycles. The second-order valence-electron chi connectivity index (χ2n) is 6.04. The highest BCUT2D eigenvalue weighted by molar-refractivity contribution is 5.48. The van der Waals surface area contributed by atoms with Gasteiger partial charge in [-0.05, 0) is 5.41 Å². The van der Waals surface area contributed by atoms with Crippen LogP contribution in [-0.2, 0) is 10.8 Å². The monoisotopic (exact) mass is 217 g/mol. The predicted molar refractivity (Wildman–Crippen MR) is 65.7 cm³/mol. The Hall–Kier alpha value is -1.43. The molecular weight excluding hydrogens is 198 g/mol. The first-order chi connectivity index (χ1) is 7.16. The summed E-state index contributed by atoms with van der Waals surface area (Å²) >= 11 is 0. The van der Waals surface area contributed by atoms with Crippen molar-refractivity contribution in [3.8, 4) is 0 Å². The van der Waals surface area contributed by atoms with Crippen molar-refractivity contribution in [2.75, 3.05) is 0 Å². The van der Waals surface area contributed by atoms with E-state index in [9.17, 15) is 0 Å². The fourth-order valence-electron chi connectivity index (χ4n) is 1.35. The first-order valence-corrected chi connectivity index (χ1v) is 5.41. The summed E-state index contributed by atoms with van der Waals surface area (Å²) < 4.78 is 0. The molecule has 3 nitrogen and oxygen atoms in total. The number of hydrogen-bond donors (Lipinski definition) is 0. The van der Waals surface area contributed by atoms with E-state index in [0.717, 1.165) is 11.4 Å². The minimum absolute atomic E-state index is 0.0870. The first-order valence-electron chi connectivity index (χ1n) is 5.41. The lowest BCUT2D eigenvalue weighted by atomic mass is 9.88. The molecule has 0 bridgehead atoms. The highest BCUT2D eigenvalue weighted by Crippen LogP contribution is 2.31. The quantitative estimate of drug-likeness (QED) is 0.621. The highest BCUT2D eigenvalue weighted by Gasteiger charge is 2.26. The number of hydrogen-bond acceptors (Lipinski definition) is 2. The third-order valence-electron chi connectivity index (χ3n) is 2.35. The Morgan fingerprint density at radius 1 is 1.06 bits per heavy atom. The van der Waals surface area contributed by atoms with E-state index in [-0.39, 0.29) is 10.8 Å². The van der Waals surface area contributed by atoms with Crippen LogP contribution in [0.4, 0.5) is 5.82 Å². The van der Waals surface area contributed by atoms with Gasteiger partial charge in [-0.2, -0.15) is 0 Å². The number of aromatic nitrogens is 2. The zero-order valence-electron chi connectivity index (χ0n) is 10.9. The second-order valence-corrected chi connectivity index (χ2v) is 6.04. The van der Waals surface area contributed by atoms with Crippen LogP contribution < -0.4 is 0 Å². The topological polar surface area (TPSA) is 30.1 Å². The number of rotatable bonds is 0. The third kappa shape index (κ3) is 2.57. The van der Waals surface area contributed by atoms with Crippen LogP contribution in [-0.4, -0.2) is 9.97 Å². The second kappa shape index (κ2) is 3.86. The first kappa shape index (κ1) is 12.6. The smallest absolute Gasteiger partial charge is 0.276 e. The van der Waals surface area contributed by atoms with Crippen LogP contribution in [0.3, 0.4) is 0 Å². The molecule has 1 aromatic heterocycles. The van der Waals surface area contributed by atoms with Crippen LogP contribution in [0.5, 0.6) is 0 Å². The van der Waals surface area contributed by atoms with Gasteiger partial charge in [0, 0.05) is 17.2 Å². The van der Waals surface area contributed by atoms with Gasteiger partial charge >= 0.3 is 0 Å². The maximum Gasteiger partial charge on any atom is 0.276 e. The van der Waals surface area contributed by atoms with Crippen molar-refractivity contribution in [3.63, 3.8) is 0 Å². The third-order valence-corrected chi connectivity index (χ3v) is 2.35. The van der Waals surface area contributed by atoms with E-state index < -0.39 is 0 Å². The molecule has 0 amide bonds. The molecule has 0 aliphatic rings. The standard InChI is InChI=1S/C13H19N3/c1-12(2,3)9-8-15-11(13(4,5)6)16-10(9)14-7/h8H,1-6H3. The Morgan fingerprint density at radius 2 is 1.62 bits per heavy atom. The van der Waals surface area contributed by atoms with Gasteiger partial charge in [0.1, 0.15) is 0 Å². The van der Waals surface area contributed by atoms with E-state index in [1.807, 2.05) is 20.8 Å². The molecule has 0 saturated carbocycles. The molecule has 16 heavy (non-hydrogen) atoms. The average molecular weight is 217 g/mol. The summed E-state index contributed by atoms with van der Waals surface area (Å²) in [5.41, 5.74) is 0.710. The minimum atomic E-state index is -0.115. The lowest BCUT2D eigenvalue weighted by Gasteiger charge is -2.21. The van der Waals surface area contributed by atoms with Gasteiger partial charge < -0.3 is 4.85 Å². The maximum atomic E-state index is 7.20. The minimum Gasteiger partial charge on any atom is -0.360 e. The van der Waals surface area contributed by atoms with E-state index in [2.05, 4.69) is 35.6 Å². The zero-order valence-corrected chi connectivity index (χ0v) is 10.9. The van der Waals surface area contributed by atoms with Gasteiger partial charge in [0.25, 0.3) is 5.82 Å². The summed E-state index contributed by atoms with van der Waals surface area (Å²) in [7, 11) is 0. The fourth-order valence-corrected chi connectivity index (χ4v) is 1.35. The van der Waals surface area contributed by atoms with Crippen LogP contribution in [0.1, 0.15) is 52.9 Å². The molecule has 0 aromatic carbocycles. The van der Waals surface area contributed by atoms with Crippen molar-refractivity contribution in [1.29, 1.82) is 0 Å². The molecule has 0 spiro atoms. The van der Waals surface area contributed by atoms with Gasteiger partial charge in [-0.3, -0.25) is 0 Å². The Balaban J connectivity index is 3.36. The molecule has 0 atom stereocenters. The molecule has 0 N–H and O–H groups in total. The van der Waals surface area contributed by atoms with Gasteiger partial charge in [0.15, 0.2) is 0 Å². The molecule has 0 radical (unpaired) electrons. The Morgan fingerprint density at radius 3 is 2.00 bits per heavy atom. The lowest BCUT2D eigenvalue weighted by Crippen LogP contribution is -2.19. The highest BCUT2D eigenvalue weighted by atomic mass is 15.0. The molecule has 0 fully saturated rings. The van der Waals surface area contributed by atoms with Gasteiger partial charge in [-0.15, -0.1) is 4.98 Å². The van der Waals surface area contributed by atoms with Crippen molar-refractivity contribution in [1.82, 2.24) is 9.97 Å². The SMILES string of the molecule is [C-]#[N+]c1nc(C(C)(C)C)ncc1C(C)(C)C. The molecule has 86 valence electrons. The van der Waals surface area contributed by atoms with Crippen molar-refractivity contribution in [3.05, 3.63) is 29.0 Å². The molecule has 0 saturated heterocycles. The van der Waals surface area contributed by atoms with E-state index >= 15 is 0 Å². The molecule has 1 rings (SSSR count). The maximum absolute atomic E-state index is 7.20. The van der Waals surface area contributed by atoms with Crippen molar-refractivity contribution >= 4 is 5.82 Å². The summed E-state index contributed by atoms with van der Waals surface area (Å²) in [6.45, 7) is 19.5. The predicted octanol–water partition coefficient (Wildman–Crippen LogP) is 3.62. The van der Waals surface area contributed by atoms with Crippen LogP contribution in [0.15, 0.2) is 6.20 Å². The van der Waals surface area contributed by atoms with E-state index in [1.54, 1.807) is 6.20 Å². The van der Waals surface area contributed by atoms with Gasteiger partial charge in [0.2, 0.25) is 5.82 Å². The van der Waals surface area contributed by atoms with Crippen LogP contribution in [0, 0.1) is 6.57 Å². The molecule has 0 aliphatic carbocycles.